The molecule has 1 aromatic heterocycles. The summed E-state index contributed by atoms with van der Waals surface area (Å²) in [5, 5.41) is 3.70. The molecular formula is C15H16BrClN5OP. The van der Waals surface area contributed by atoms with E-state index < -0.39 is 7.14 Å². The standard InChI is InChI=1S/C15H16BrClN5OP/c1-10(16)8-20-15(17)22-9-21-12-5-4-11-13(19-7-6-18-11)14(12)24(2,3)23/h4-9H,1-3H3,(H,20,21,22)/b10-8+. The van der Waals surface area contributed by atoms with E-state index in [2.05, 4.69) is 41.2 Å². The number of rotatable bonds is 4. The average Bonchev–Trinajstić information content (AvgIpc) is 2.51. The Labute approximate surface area is 153 Å². The van der Waals surface area contributed by atoms with Gasteiger partial charge in [0.15, 0.2) is 0 Å². The fraction of sp³-hybridized carbons (Fsp3) is 0.200. The van der Waals surface area contributed by atoms with Gasteiger partial charge >= 0.3 is 0 Å². The molecule has 1 heterocycles. The molecular weight excluding hydrogens is 413 g/mol. The zero-order chi connectivity index (χ0) is 17.7. The van der Waals surface area contributed by atoms with E-state index in [-0.39, 0.29) is 5.29 Å². The van der Waals surface area contributed by atoms with Gasteiger partial charge in [0, 0.05) is 23.1 Å². The summed E-state index contributed by atoms with van der Waals surface area (Å²) < 4.78 is 13.5. The fourth-order valence-corrected chi connectivity index (χ4v) is 3.62. The molecule has 0 aliphatic rings. The number of aliphatic imine (C=N–C) groups is 2. The van der Waals surface area contributed by atoms with E-state index in [4.69, 9.17) is 11.6 Å². The van der Waals surface area contributed by atoms with E-state index in [0.29, 0.717) is 22.0 Å². The molecule has 2 rings (SSSR count). The van der Waals surface area contributed by atoms with E-state index in [1.54, 1.807) is 38.0 Å². The summed E-state index contributed by atoms with van der Waals surface area (Å²) in [5.41, 5.74) is 1.95. The van der Waals surface area contributed by atoms with E-state index >= 15 is 0 Å². The van der Waals surface area contributed by atoms with Gasteiger partial charge < -0.3 is 9.88 Å². The van der Waals surface area contributed by atoms with Gasteiger partial charge in [0.25, 0.3) is 0 Å². The van der Waals surface area contributed by atoms with E-state index in [1.807, 2.05) is 13.0 Å². The van der Waals surface area contributed by atoms with Crippen molar-refractivity contribution in [3.05, 3.63) is 35.2 Å². The van der Waals surface area contributed by atoms with Crippen LogP contribution in [-0.2, 0) is 4.57 Å². The van der Waals surface area contributed by atoms with Crippen molar-refractivity contribution in [3.8, 4) is 0 Å². The molecule has 0 atom stereocenters. The van der Waals surface area contributed by atoms with Crippen molar-refractivity contribution in [1.82, 2.24) is 9.97 Å². The molecule has 0 saturated heterocycles. The normalized spacial score (nSPS) is 13.7. The summed E-state index contributed by atoms with van der Waals surface area (Å²) in [5.74, 6) is 0. The number of hydrogen-bond donors (Lipinski definition) is 1. The highest BCUT2D eigenvalue weighted by Crippen LogP contribution is 2.40. The number of nitrogens with zero attached hydrogens (tertiary/aromatic N) is 4. The summed E-state index contributed by atoms with van der Waals surface area (Å²) in [6.07, 6.45) is 6.13. The molecule has 0 spiro atoms. The lowest BCUT2D eigenvalue weighted by atomic mass is 10.2. The number of amidine groups is 1. The summed E-state index contributed by atoms with van der Waals surface area (Å²) in [4.78, 5) is 16.5. The minimum Gasteiger partial charge on any atom is -0.346 e. The first-order chi connectivity index (χ1) is 11.3. The summed E-state index contributed by atoms with van der Waals surface area (Å²) >= 11 is 9.13. The molecule has 6 nitrogen and oxygen atoms in total. The van der Waals surface area contributed by atoms with Crippen LogP contribution >= 0.6 is 34.7 Å². The maximum absolute atomic E-state index is 12.7. The lowest BCUT2D eigenvalue weighted by molar-refractivity contribution is 0.588. The highest BCUT2D eigenvalue weighted by Gasteiger charge is 2.20. The summed E-state index contributed by atoms with van der Waals surface area (Å²) in [7, 11) is -2.60. The lowest BCUT2D eigenvalue weighted by Gasteiger charge is -2.14. The van der Waals surface area contributed by atoms with E-state index in [9.17, 15) is 4.57 Å². The summed E-state index contributed by atoms with van der Waals surface area (Å²) in [6, 6.07) is 3.61. The number of nitrogens with one attached hydrogen (secondary N) is 1. The molecule has 0 amide bonds. The van der Waals surface area contributed by atoms with Crippen LogP contribution in [-0.4, -0.2) is 34.9 Å². The first kappa shape index (κ1) is 18.8. The van der Waals surface area contributed by atoms with Crippen molar-refractivity contribution in [2.45, 2.75) is 6.92 Å². The molecule has 0 saturated carbocycles. The Morgan fingerprint density at radius 1 is 1.33 bits per heavy atom. The molecule has 9 heteroatoms. The predicted molar refractivity (Wildman–Crippen MR) is 107 cm³/mol. The van der Waals surface area contributed by atoms with Gasteiger partial charge in [0.2, 0.25) is 5.29 Å². The number of fused-ring (bicyclic) bond motifs is 1. The molecule has 0 unspecified atom stereocenters. The van der Waals surface area contributed by atoms with Crippen molar-refractivity contribution in [2.75, 3.05) is 18.6 Å². The Hall–Kier alpha value is -1.56. The minimum atomic E-state index is -2.60. The van der Waals surface area contributed by atoms with Crippen LogP contribution in [0.25, 0.3) is 11.0 Å². The minimum absolute atomic E-state index is 0.0691. The molecule has 1 N–H and O–H groups in total. The first-order valence-corrected chi connectivity index (χ1v) is 10.7. The number of benzene rings is 1. The topological polar surface area (TPSA) is 79.6 Å². The SMILES string of the molecule is C\C(Br)=C/N=C(Cl)\N=C\Nc1ccc2nccnc2c1P(C)(C)=O. The Bertz CT molecular complexity index is 887. The van der Waals surface area contributed by atoms with Gasteiger partial charge in [-0.25, -0.2) is 9.98 Å². The fourth-order valence-electron chi connectivity index (χ4n) is 2.01. The van der Waals surface area contributed by atoms with Crippen LogP contribution in [0, 0.1) is 0 Å². The molecule has 24 heavy (non-hydrogen) atoms. The maximum atomic E-state index is 12.7. The third-order valence-corrected chi connectivity index (χ3v) is 4.82. The summed E-state index contributed by atoms with van der Waals surface area (Å²) in [6.45, 7) is 5.21. The van der Waals surface area contributed by atoms with Crippen molar-refractivity contribution in [3.63, 3.8) is 0 Å². The van der Waals surface area contributed by atoms with Crippen LogP contribution in [0.1, 0.15) is 6.92 Å². The highest BCUT2D eigenvalue weighted by molar-refractivity contribution is 9.11. The van der Waals surface area contributed by atoms with Gasteiger partial charge in [-0.15, -0.1) is 0 Å². The predicted octanol–water partition coefficient (Wildman–Crippen LogP) is 4.17. The number of aromatic nitrogens is 2. The van der Waals surface area contributed by atoms with Crippen LogP contribution in [0.15, 0.2) is 45.2 Å². The number of halogens is 2. The zero-order valence-corrected chi connectivity index (χ0v) is 16.6. The second-order valence-electron chi connectivity index (χ2n) is 5.25. The van der Waals surface area contributed by atoms with Crippen LogP contribution < -0.4 is 10.6 Å². The van der Waals surface area contributed by atoms with E-state index in [1.165, 1.54) is 6.34 Å². The van der Waals surface area contributed by atoms with Gasteiger partial charge in [-0.1, -0.05) is 15.9 Å². The molecule has 0 aliphatic carbocycles. The third-order valence-electron chi connectivity index (χ3n) is 2.89. The van der Waals surface area contributed by atoms with Gasteiger partial charge in [-0.2, -0.15) is 0 Å². The Balaban J connectivity index is 2.38. The second-order valence-corrected chi connectivity index (χ2v) is 9.99. The molecule has 2 aromatic rings. The Morgan fingerprint density at radius 2 is 2.04 bits per heavy atom. The van der Waals surface area contributed by atoms with Gasteiger partial charge in [-0.05, 0) is 44.0 Å². The van der Waals surface area contributed by atoms with Crippen LogP contribution in [0.5, 0.6) is 0 Å². The van der Waals surface area contributed by atoms with E-state index in [0.717, 1.165) is 4.48 Å². The number of anilines is 1. The molecule has 0 bridgehead atoms. The number of hydrogen-bond acceptors (Lipinski definition) is 4. The Morgan fingerprint density at radius 3 is 2.71 bits per heavy atom. The molecule has 1 aromatic carbocycles. The highest BCUT2D eigenvalue weighted by atomic mass is 79.9. The average molecular weight is 429 g/mol. The van der Waals surface area contributed by atoms with Crippen LogP contribution in [0.4, 0.5) is 5.69 Å². The van der Waals surface area contributed by atoms with Crippen molar-refractivity contribution < 1.29 is 4.57 Å². The van der Waals surface area contributed by atoms with Gasteiger partial charge in [0.1, 0.15) is 12.7 Å². The van der Waals surface area contributed by atoms with Crippen LogP contribution in [0.3, 0.4) is 0 Å². The monoisotopic (exact) mass is 427 g/mol. The largest absolute Gasteiger partial charge is 0.346 e. The lowest BCUT2D eigenvalue weighted by Crippen LogP contribution is -2.14. The third kappa shape index (κ3) is 4.97. The van der Waals surface area contributed by atoms with Gasteiger partial charge in [0.05, 0.1) is 22.8 Å². The molecule has 0 aliphatic heterocycles. The zero-order valence-electron chi connectivity index (χ0n) is 13.4. The second kappa shape index (κ2) is 8.01. The van der Waals surface area contributed by atoms with Crippen molar-refractivity contribution in [2.24, 2.45) is 9.98 Å². The van der Waals surface area contributed by atoms with Crippen molar-refractivity contribution in [1.29, 1.82) is 0 Å². The van der Waals surface area contributed by atoms with Crippen LogP contribution in [0.2, 0.25) is 0 Å². The number of allylic oxidation sites excluding steroid dienone is 1. The maximum Gasteiger partial charge on any atom is 0.223 e. The quantitative estimate of drug-likeness (QED) is 0.343. The Kier molecular flexibility index (Phi) is 6.27. The molecule has 0 fully saturated rings. The van der Waals surface area contributed by atoms with Gasteiger partial charge in [-0.3, -0.25) is 9.97 Å². The molecule has 0 radical (unpaired) electrons. The smallest absolute Gasteiger partial charge is 0.223 e. The molecule has 126 valence electrons. The van der Waals surface area contributed by atoms with Crippen molar-refractivity contribution >= 4 is 68.3 Å². The first-order valence-electron chi connectivity index (χ1n) is 6.93.